The fourth-order valence-corrected chi connectivity index (χ4v) is 3.98. The number of carbonyl (C=O) groups excluding carboxylic acids is 1. The lowest BCUT2D eigenvalue weighted by Gasteiger charge is -2.10. The van der Waals surface area contributed by atoms with Gasteiger partial charge in [-0.1, -0.05) is 60.1 Å². The number of thiophene rings is 1. The smallest absolute Gasteiger partial charge is 0.251 e. The summed E-state index contributed by atoms with van der Waals surface area (Å²) in [7, 11) is 0. The third kappa shape index (κ3) is 4.16. The summed E-state index contributed by atoms with van der Waals surface area (Å²) >= 11 is 7.73. The quantitative estimate of drug-likeness (QED) is 0.396. The first-order chi connectivity index (χ1) is 13.7. The van der Waals surface area contributed by atoms with Gasteiger partial charge in [0.2, 0.25) is 0 Å². The SMILES string of the molecule is O=C(NCc1ccccc1-c1ccsc1)c1ccc(-c2cccc(Cl)c2)cc1. The average Bonchev–Trinajstić information content (AvgIpc) is 3.27. The molecule has 0 saturated heterocycles. The second-order valence-corrected chi connectivity index (χ2v) is 7.66. The van der Waals surface area contributed by atoms with E-state index in [1.54, 1.807) is 11.3 Å². The number of rotatable bonds is 5. The summed E-state index contributed by atoms with van der Waals surface area (Å²) in [5, 5.41) is 7.91. The highest BCUT2D eigenvalue weighted by atomic mass is 35.5. The predicted octanol–water partition coefficient (Wildman–Crippen LogP) is 6.67. The monoisotopic (exact) mass is 403 g/mol. The molecule has 0 aliphatic carbocycles. The summed E-state index contributed by atoms with van der Waals surface area (Å²) in [5.74, 6) is -0.0854. The van der Waals surface area contributed by atoms with Crippen LogP contribution in [0.5, 0.6) is 0 Å². The number of amides is 1. The van der Waals surface area contributed by atoms with Crippen molar-refractivity contribution in [2.24, 2.45) is 0 Å². The second kappa shape index (κ2) is 8.42. The minimum Gasteiger partial charge on any atom is -0.348 e. The Morgan fingerprint density at radius 3 is 2.43 bits per heavy atom. The van der Waals surface area contributed by atoms with Crippen LogP contribution in [0, 0.1) is 0 Å². The largest absolute Gasteiger partial charge is 0.348 e. The Kier molecular flexibility index (Phi) is 5.56. The van der Waals surface area contributed by atoms with E-state index >= 15 is 0 Å². The normalized spacial score (nSPS) is 10.6. The first kappa shape index (κ1) is 18.5. The lowest BCUT2D eigenvalue weighted by atomic mass is 10.0. The van der Waals surface area contributed by atoms with E-state index in [1.807, 2.05) is 60.7 Å². The van der Waals surface area contributed by atoms with Crippen LogP contribution < -0.4 is 5.32 Å². The Balaban J connectivity index is 1.46. The van der Waals surface area contributed by atoms with Crippen LogP contribution in [0.1, 0.15) is 15.9 Å². The van der Waals surface area contributed by atoms with Gasteiger partial charge in [0.15, 0.2) is 0 Å². The van der Waals surface area contributed by atoms with Gasteiger partial charge in [-0.2, -0.15) is 11.3 Å². The standard InChI is InChI=1S/C24H18ClNOS/c25-22-6-3-5-19(14-22)17-8-10-18(11-9-17)24(27)26-15-20-4-1-2-7-23(20)21-12-13-28-16-21/h1-14,16H,15H2,(H,26,27). The number of benzene rings is 3. The molecule has 4 rings (SSSR count). The van der Waals surface area contributed by atoms with E-state index < -0.39 is 0 Å². The van der Waals surface area contributed by atoms with E-state index in [4.69, 9.17) is 11.6 Å². The van der Waals surface area contributed by atoms with Crippen LogP contribution >= 0.6 is 22.9 Å². The first-order valence-corrected chi connectivity index (χ1v) is 10.3. The molecule has 1 heterocycles. The summed E-state index contributed by atoms with van der Waals surface area (Å²) in [6.07, 6.45) is 0. The van der Waals surface area contributed by atoms with Crippen molar-refractivity contribution in [3.05, 3.63) is 106 Å². The van der Waals surface area contributed by atoms with Crippen LogP contribution in [-0.2, 0) is 6.54 Å². The zero-order valence-electron chi connectivity index (χ0n) is 15.1. The van der Waals surface area contributed by atoms with Gasteiger partial charge in [0.05, 0.1) is 0 Å². The van der Waals surface area contributed by atoms with Gasteiger partial charge in [-0.15, -0.1) is 0 Å². The van der Waals surface area contributed by atoms with Crippen molar-refractivity contribution in [1.82, 2.24) is 5.32 Å². The van der Waals surface area contributed by atoms with Crippen molar-refractivity contribution in [2.75, 3.05) is 0 Å². The molecule has 3 aromatic carbocycles. The average molecular weight is 404 g/mol. The van der Waals surface area contributed by atoms with Gasteiger partial charge >= 0.3 is 0 Å². The van der Waals surface area contributed by atoms with Crippen LogP contribution in [0.2, 0.25) is 5.02 Å². The molecule has 4 aromatic rings. The summed E-state index contributed by atoms with van der Waals surface area (Å²) in [4.78, 5) is 12.6. The Hall–Kier alpha value is -2.88. The van der Waals surface area contributed by atoms with Crippen LogP contribution in [0.15, 0.2) is 89.6 Å². The minimum atomic E-state index is -0.0854. The fourth-order valence-electron chi connectivity index (χ4n) is 3.13. The van der Waals surface area contributed by atoms with E-state index in [0.717, 1.165) is 22.3 Å². The molecule has 4 heteroatoms. The van der Waals surface area contributed by atoms with Crippen LogP contribution in [0.25, 0.3) is 22.3 Å². The number of halogens is 1. The van der Waals surface area contributed by atoms with Gasteiger partial charge in [0.1, 0.15) is 0 Å². The van der Waals surface area contributed by atoms with Crippen LogP contribution in [0.3, 0.4) is 0 Å². The molecule has 1 aromatic heterocycles. The molecule has 1 N–H and O–H groups in total. The molecule has 0 aliphatic heterocycles. The Bertz CT molecular complexity index is 1090. The summed E-state index contributed by atoms with van der Waals surface area (Å²) in [6, 6.07) is 25.5. The molecule has 138 valence electrons. The molecule has 0 aliphatic rings. The zero-order valence-corrected chi connectivity index (χ0v) is 16.6. The summed E-state index contributed by atoms with van der Waals surface area (Å²) in [6.45, 7) is 0.487. The molecule has 0 bridgehead atoms. The topological polar surface area (TPSA) is 29.1 Å². The minimum absolute atomic E-state index is 0.0854. The molecule has 0 unspecified atom stereocenters. The predicted molar refractivity (Wildman–Crippen MR) is 118 cm³/mol. The molecule has 0 radical (unpaired) electrons. The maximum Gasteiger partial charge on any atom is 0.251 e. The highest BCUT2D eigenvalue weighted by molar-refractivity contribution is 7.08. The second-order valence-electron chi connectivity index (χ2n) is 6.44. The molecule has 0 fully saturated rings. The van der Waals surface area contributed by atoms with Crippen molar-refractivity contribution in [2.45, 2.75) is 6.54 Å². The number of carbonyl (C=O) groups is 1. The van der Waals surface area contributed by atoms with Crippen LogP contribution in [-0.4, -0.2) is 5.91 Å². The fraction of sp³-hybridized carbons (Fsp3) is 0.0417. The van der Waals surface area contributed by atoms with Crippen molar-refractivity contribution in [3.63, 3.8) is 0 Å². The van der Waals surface area contributed by atoms with Crippen molar-refractivity contribution in [3.8, 4) is 22.3 Å². The number of nitrogens with one attached hydrogen (secondary N) is 1. The Morgan fingerprint density at radius 1 is 0.857 bits per heavy atom. The van der Waals surface area contributed by atoms with Crippen molar-refractivity contribution in [1.29, 1.82) is 0 Å². The molecular formula is C24H18ClNOS. The molecule has 0 spiro atoms. The summed E-state index contributed by atoms with van der Waals surface area (Å²) in [5.41, 5.74) is 6.13. The van der Waals surface area contributed by atoms with Gasteiger partial charge in [-0.05, 0) is 68.9 Å². The molecule has 1 amide bonds. The van der Waals surface area contributed by atoms with E-state index in [0.29, 0.717) is 17.1 Å². The zero-order chi connectivity index (χ0) is 19.3. The van der Waals surface area contributed by atoms with Crippen molar-refractivity contribution >= 4 is 28.8 Å². The van der Waals surface area contributed by atoms with E-state index in [9.17, 15) is 4.79 Å². The summed E-state index contributed by atoms with van der Waals surface area (Å²) < 4.78 is 0. The molecule has 2 nitrogen and oxygen atoms in total. The van der Waals surface area contributed by atoms with Crippen molar-refractivity contribution < 1.29 is 4.79 Å². The Morgan fingerprint density at radius 2 is 1.68 bits per heavy atom. The van der Waals surface area contributed by atoms with Gasteiger partial charge in [0, 0.05) is 17.1 Å². The maximum atomic E-state index is 12.6. The van der Waals surface area contributed by atoms with Gasteiger partial charge in [-0.3, -0.25) is 4.79 Å². The molecular weight excluding hydrogens is 386 g/mol. The van der Waals surface area contributed by atoms with Crippen LogP contribution in [0.4, 0.5) is 0 Å². The molecule has 0 saturated carbocycles. The third-order valence-corrected chi connectivity index (χ3v) is 5.51. The maximum absolute atomic E-state index is 12.6. The Labute approximate surface area is 173 Å². The lowest BCUT2D eigenvalue weighted by molar-refractivity contribution is 0.0951. The van der Waals surface area contributed by atoms with Gasteiger partial charge < -0.3 is 5.32 Å². The van der Waals surface area contributed by atoms with E-state index in [1.165, 1.54) is 5.56 Å². The lowest BCUT2D eigenvalue weighted by Crippen LogP contribution is -2.23. The third-order valence-electron chi connectivity index (χ3n) is 4.59. The van der Waals surface area contributed by atoms with Gasteiger partial charge in [0.25, 0.3) is 5.91 Å². The highest BCUT2D eigenvalue weighted by Gasteiger charge is 2.09. The van der Waals surface area contributed by atoms with Gasteiger partial charge in [-0.25, -0.2) is 0 Å². The molecule has 0 atom stereocenters. The number of hydrogen-bond donors (Lipinski definition) is 1. The van der Waals surface area contributed by atoms with E-state index in [2.05, 4.69) is 34.3 Å². The van der Waals surface area contributed by atoms with E-state index in [-0.39, 0.29) is 5.91 Å². The highest BCUT2D eigenvalue weighted by Crippen LogP contribution is 2.26. The molecule has 28 heavy (non-hydrogen) atoms. The number of hydrogen-bond acceptors (Lipinski definition) is 2. The first-order valence-electron chi connectivity index (χ1n) is 8.95.